The van der Waals surface area contributed by atoms with Crippen LogP contribution < -0.4 is 10.5 Å². The van der Waals surface area contributed by atoms with Crippen LogP contribution in [0.3, 0.4) is 0 Å². The Morgan fingerprint density at radius 3 is 2.61 bits per heavy atom. The molecule has 0 bridgehead atoms. The topological polar surface area (TPSA) is 78.4 Å². The van der Waals surface area contributed by atoms with Crippen LogP contribution in [0.4, 0.5) is 5.69 Å². The third kappa shape index (κ3) is 2.46. The SMILES string of the molecule is COc1cc(CC2(CN)CCC2)cc([N+](=O)[O-])c1. The molecule has 18 heavy (non-hydrogen) atoms. The standard InChI is InChI=1S/C13H18N2O3/c1-18-12-6-10(5-11(7-12)15(16)17)8-13(9-14)3-2-4-13/h5-7H,2-4,8-9,14H2,1H3. The van der Waals surface area contributed by atoms with Gasteiger partial charge in [0, 0.05) is 6.07 Å². The summed E-state index contributed by atoms with van der Waals surface area (Å²) in [5.74, 6) is 0.533. The molecule has 0 unspecified atom stereocenters. The van der Waals surface area contributed by atoms with Gasteiger partial charge < -0.3 is 10.5 Å². The number of nitro benzene ring substituents is 1. The third-order valence-corrected chi connectivity index (χ3v) is 3.82. The molecule has 1 aromatic rings. The van der Waals surface area contributed by atoms with Crippen molar-refractivity contribution in [2.45, 2.75) is 25.7 Å². The van der Waals surface area contributed by atoms with E-state index in [0.29, 0.717) is 12.3 Å². The minimum atomic E-state index is -0.387. The number of benzene rings is 1. The maximum absolute atomic E-state index is 10.9. The Bertz CT molecular complexity index is 450. The molecule has 0 saturated heterocycles. The number of non-ortho nitro benzene ring substituents is 1. The van der Waals surface area contributed by atoms with Gasteiger partial charge in [-0.2, -0.15) is 0 Å². The van der Waals surface area contributed by atoms with E-state index in [1.165, 1.54) is 19.6 Å². The molecule has 1 fully saturated rings. The molecule has 1 saturated carbocycles. The number of methoxy groups -OCH3 is 1. The van der Waals surface area contributed by atoms with Crippen LogP contribution in [0.5, 0.6) is 5.75 Å². The summed E-state index contributed by atoms with van der Waals surface area (Å²) in [6.07, 6.45) is 4.20. The maximum atomic E-state index is 10.9. The van der Waals surface area contributed by atoms with E-state index in [9.17, 15) is 10.1 Å². The van der Waals surface area contributed by atoms with E-state index < -0.39 is 0 Å². The second-order valence-corrected chi connectivity index (χ2v) is 5.03. The highest BCUT2D eigenvalue weighted by atomic mass is 16.6. The van der Waals surface area contributed by atoms with Crippen molar-refractivity contribution < 1.29 is 9.66 Å². The molecule has 2 rings (SSSR count). The summed E-state index contributed by atoms with van der Waals surface area (Å²) in [4.78, 5) is 10.5. The van der Waals surface area contributed by atoms with Gasteiger partial charge >= 0.3 is 0 Å². The summed E-state index contributed by atoms with van der Waals surface area (Å²) in [6, 6.07) is 4.93. The normalized spacial score (nSPS) is 17.0. The Labute approximate surface area is 106 Å². The molecule has 0 spiro atoms. The molecule has 0 heterocycles. The number of nitrogens with two attached hydrogens (primary N) is 1. The highest BCUT2D eigenvalue weighted by Crippen LogP contribution is 2.43. The van der Waals surface area contributed by atoms with Gasteiger partial charge in [-0.05, 0) is 42.9 Å². The zero-order chi connectivity index (χ0) is 13.2. The monoisotopic (exact) mass is 250 g/mol. The van der Waals surface area contributed by atoms with Gasteiger partial charge in [-0.3, -0.25) is 10.1 Å². The van der Waals surface area contributed by atoms with Gasteiger partial charge in [0.15, 0.2) is 0 Å². The van der Waals surface area contributed by atoms with Gasteiger partial charge in [0.25, 0.3) is 5.69 Å². The highest BCUT2D eigenvalue weighted by Gasteiger charge is 2.35. The van der Waals surface area contributed by atoms with E-state index in [1.54, 1.807) is 6.07 Å². The lowest BCUT2D eigenvalue weighted by molar-refractivity contribution is -0.385. The van der Waals surface area contributed by atoms with E-state index in [4.69, 9.17) is 10.5 Å². The summed E-state index contributed by atoms with van der Waals surface area (Å²) in [5.41, 5.74) is 6.97. The minimum absolute atomic E-state index is 0.0795. The number of rotatable bonds is 5. The number of hydrogen-bond donors (Lipinski definition) is 1. The van der Waals surface area contributed by atoms with Crippen molar-refractivity contribution in [3.8, 4) is 5.75 Å². The number of ether oxygens (including phenoxy) is 1. The predicted octanol–water partition coefficient (Wildman–Crippen LogP) is 2.27. The maximum Gasteiger partial charge on any atom is 0.273 e. The Hall–Kier alpha value is -1.62. The molecule has 1 aliphatic carbocycles. The summed E-state index contributed by atoms with van der Waals surface area (Å²) < 4.78 is 5.11. The van der Waals surface area contributed by atoms with Crippen molar-refractivity contribution in [1.82, 2.24) is 0 Å². The first kappa shape index (κ1) is 12.8. The van der Waals surface area contributed by atoms with Crippen LogP contribution in [-0.2, 0) is 6.42 Å². The number of nitrogens with zero attached hydrogens (tertiary/aromatic N) is 1. The summed E-state index contributed by atoms with van der Waals surface area (Å²) >= 11 is 0. The van der Waals surface area contributed by atoms with E-state index in [2.05, 4.69) is 0 Å². The third-order valence-electron chi connectivity index (χ3n) is 3.82. The van der Waals surface area contributed by atoms with E-state index >= 15 is 0 Å². The van der Waals surface area contributed by atoms with Crippen molar-refractivity contribution in [1.29, 1.82) is 0 Å². The lowest BCUT2D eigenvalue weighted by atomic mass is 9.65. The molecule has 0 aromatic heterocycles. The van der Waals surface area contributed by atoms with Crippen LogP contribution in [-0.4, -0.2) is 18.6 Å². The number of hydrogen-bond acceptors (Lipinski definition) is 4. The second kappa shape index (κ2) is 4.94. The summed E-state index contributed by atoms with van der Waals surface area (Å²) in [6.45, 7) is 0.637. The molecule has 1 aromatic carbocycles. The van der Waals surface area contributed by atoms with Gasteiger partial charge in [0.05, 0.1) is 18.1 Å². The Morgan fingerprint density at radius 2 is 2.17 bits per heavy atom. The van der Waals surface area contributed by atoms with E-state index in [1.807, 2.05) is 6.07 Å². The van der Waals surface area contributed by atoms with Crippen molar-refractivity contribution in [2.75, 3.05) is 13.7 Å². The zero-order valence-electron chi connectivity index (χ0n) is 10.5. The highest BCUT2D eigenvalue weighted by molar-refractivity contribution is 5.43. The van der Waals surface area contributed by atoms with Crippen molar-refractivity contribution in [3.63, 3.8) is 0 Å². The fourth-order valence-electron chi connectivity index (χ4n) is 2.53. The van der Waals surface area contributed by atoms with Crippen LogP contribution in [0, 0.1) is 15.5 Å². The second-order valence-electron chi connectivity index (χ2n) is 5.03. The van der Waals surface area contributed by atoms with Gasteiger partial charge in [-0.25, -0.2) is 0 Å². The zero-order valence-corrected chi connectivity index (χ0v) is 10.5. The molecule has 2 N–H and O–H groups in total. The van der Waals surface area contributed by atoms with Crippen molar-refractivity contribution in [3.05, 3.63) is 33.9 Å². The quantitative estimate of drug-likeness (QED) is 0.642. The molecule has 0 amide bonds. The molecule has 5 heteroatoms. The first-order valence-corrected chi connectivity index (χ1v) is 6.11. The van der Waals surface area contributed by atoms with Crippen molar-refractivity contribution in [2.24, 2.45) is 11.1 Å². The molecule has 0 atom stereocenters. The Morgan fingerprint density at radius 1 is 1.44 bits per heavy atom. The van der Waals surface area contributed by atoms with Gasteiger partial charge in [-0.1, -0.05) is 6.42 Å². The lowest BCUT2D eigenvalue weighted by Crippen LogP contribution is -2.39. The van der Waals surface area contributed by atoms with Gasteiger partial charge in [-0.15, -0.1) is 0 Å². The van der Waals surface area contributed by atoms with Crippen molar-refractivity contribution >= 4 is 5.69 Å². The number of nitro groups is 1. The first-order chi connectivity index (χ1) is 8.58. The summed E-state index contributed by atoms with van der Waals surface area (Å²) in [7, 11) is 1.52. The fraction of sp³-hybridized carbons (Fsp3) is 0.538. The largest absolute Gasteiger partial charge is 0.496 e. The average Bonchev–Trinajstić information content (AvgIpc) is 2.33. The van der Waals surface area contributed by atoms with E-state index in [-0.39, 0.29) is 16.0 Å². The van der Waals surface area contributed by atoms with Crippen LogP contribution in [0.2, 0.25) is 0 Å². The Kier molecular flexibility index (Phi) is 3.52. The summed E-state index contributed by atoms with van der Waals surface area (Å²) in [5, 5.41) is 10.9. The molecule has 98 valence electrons. The molecule has 0 aliphatic heterocycles. The van der Waals surface area contributed by atoms with Gasteiger partial charge in [0.1, 0.15) is 5.75 Å². The molecule has 1 aliphatic rings. The fourth-order valence-corrected chi connectivity index (χ4v) is 2.53. The van der Waals surface area contributed by atoms with Crippen LogP contribution in [0.1, 0.15) is 24.8 Å². The van der Waals surface area contributed by atoms with E-state index in [0.717, 1.165) is 24.8 Å². The first-order valence-electron chi connectivity index (χ1n) is 6.11. The predicted molar refractivity (Wildman–Crippen MR) is 68.7 cm³/mol. The smallest absolute Gasteiger partial charge is 0.273 e. The molecule has 0 radical (unpaired) electrons. The average molecular weight is 250 g/mol. The molecular formula is C13H18N2O3. The van der Waals surface area contributed by atoms with Crippen LogP contribution in [0.15, 0.2) is 18.2 Å². The van der Waals surface area contributed by atoms with Crippen LogP contribution in [0.25, 0.3) is 0 Å². The molecular weight excluding hydrogens is 232 g/mol. The van der Waals surface area contributed by atoms with Gasteiger partial charge in [0.2, 0.25) is 0 Å². The lowest BCUT2D eigenvalue weighted by Gasteiger charge is -2.41. The Balaban J connectivity index is 2.26. The van der Waals surface area contributed by atoms with Crippen LogP contribution >= 0.6 is 0 Å². The minimum Gasteiger partial charge on any atom is -0.496 e. The molecule has 5 nitrogen and oxygen atoms in total.